The van der Waals surface area contributed by atoms with Crippen LogP contribution in [0, 0.1) is 11.6 Å². The molecule has 1 heterocycles. The highest BCUT2D eigenvalue weighted by molar-refractivity contribution is 7.08. The molecule has 0 fully saturated rings. The second-order valence-corrected chi connectivity index (χ2v) is 5.13. The highest BCUT2D eigenvalue weighted by atomic mass is 32.1. The van der Waals surface area contributed by atoms with Gasteiger partial charge in [0.05, 0.1) is 5.69 Å². The van der Waals surface area contributed by atoms with Crippen LogP contribution in [0.5, 0.6) is 0 Å². The van der Waals surface area contributed by atoms with Crippen LogP contribution in [0.15, 0.2) is 40.2 Å². The van der Waals surface area contributed by atoms with Gasteiger partial charge >= 0.3 is 0 Å². The normalized spacial score (nSPS) is 12.8. The second kappa shape index (κ2) is 6.99. The summed E-state index contributed by atoms with van der Waals surface area (Å²) in [5, 5.41) is 9.54. The number of hydrogen-bond donors (Lipinski definition) is 2. The van der Waals surface area contributed by atoms with Gasteiger partial charge in [-0.1, -0.05) is 5.16 Å². The standard InChI is InChI=1S/C14H13F2N3O2S/c1-8(21-19-13(17)9-4-5-22-7-9)14(20)18-12-3-2-10(15)6-11(12)16/h2-8H,1H3,(H2,17,19)(H,18,20). The van der Waals surface area contributed by atoms with Crippen molar-refractivity contribution in [3.8, 4) is 0 Å². The summed E-state index contributed by atoms with van der Waals surface area (Å²) >= 11 is 1.45. The molecule has 8 heteroatoms. The van der Waals surface area contributed by atoms with E-state index in [1.54, 1.807) is 11.4 Å². The molecule has 1 aromatic carbocycles. The van der Waals surface area contributed by atoms with Crippen molar-refractivity contribution in [2.24, 2.45) is 10.9 Å². The van der Waals surface area contributed by atoms with Gasteiger partial charge in [-0.3, -0.25) is 4.79 Å². The number of anilines is 1. The van der Waals surface area contributed by atoms with Crippen LogP contribution in [0.2, 0.25) is 0 Å². The lowest BCUT2D eigenvalue weighted by atomic mass is 10.2. The third kappa shape index (κ3) is 4.01. The predicted octanol–water partition coefficient (Wildman–Crippen LogP) is 2.69. The third-order valence-electron chi connectivity index (χ3n) is 2.68. The summed E-state index contributed by atoms with van der Waals surface area (Å²) in [4.78, 5) is 16.8. The van der Waals surface area contributed by atoms with E-state index in [0.29, 0.717) is 11.6 Å². The van der Waals surface area contributed by atoms with Gasteiger partial charge in [0.15, 0.2) is 5.84 Å². The van der Waals surface area contributed by atoms with Crippen LogP contribution >= 0.6 is 11.3 Å². The fourth-order valence-corrected chi connectivity index (χ4v) is 2.12. The zero-order valence-corrected chi connectivity index (χ0v) is 12.4. The molecule has 0 aliphatic heterocycles. The molecule has 1 atom stereocenters. The molecule has 0 aliphatic rings. The lowest BCUT2D eigenvalue weighted by Gasteiger charge is -2.11. The Bertz CT molecular complexity index is 689. The van der Waals surface area contributed by atoms with Crippen molar-refractivity contribution in [2.45, 2.75) is 13.0 Å². The first-order chi connectivity index (χ1) is 10.5. The zero-order chi connectivity index (χ0) is 16.1. The number of amidine groups is 1. The number of nitrogens with two attached hydrogens (primary N) is 1. The van der Waals surface area contributed by atoms with Crippen LogP contribution in [0.4, 0.5) is 14.5 Å². The minimum absolute atomic E-state index is 0.133. The maximum atomic E-state index is 13.4. The van der Waals surface area contributed by atoms with Crippen LogP contribution in [0.25, 0.3) is 0 Å². The molecule has 22 heavy (non-hydrogen) atoms. The van der Waals surface area contributed by atoms with E-state index in [9.17, 15) is 13.6 Å². The maximum absolute atomic E-state index is 13.4. The van der Waals surface area contributed by atoms with Crippen LogP contribution in [0.1, 0.15) is 12.5 Å². The Labute approximate surface area is 129 Å². The van der Waals surface area contributed by atoms with Gasteiger partial charge in [-0.05, 0) is 30.5 Å². The van der Waals surface area contributed by atoms with Gasteiger partial charge in [0.1, 0.15) is 11.6 Å². The minimum Gasteiger partial charge on any atom is -0.381 e. The molecule has 0 bridgehead atoms. The molecule has 2 rings (SSSR count). The summed E-state index contributed by atoms with van der Waals surface area (Å²) in [6.07, 6.45) is -0.998. The Kier molecular flexibility index (Phi) is 5.05. The van der Waals surface area contributed by atoms with Crippen molar-refractivity contribution in [1.82, 2.24) is 0 Å². The third-order valence-corrected chi connectivity index (χ3v) is 3.37. The quantitative estimate of drug-likeness (QED) is 0.504. The summed E-state index contributed by atoms with van der Waals surface area (Å²) < 4.78 is 26.2. The van der Waals surface area contributed by atoms with Crippen molar-refractivity contribution in [3.05, 3.63) is 52.2 Å². The largest absolute Gasteiger partial charge is 0.381 e. The maximum Gasteiger partial charge on any atom is 0.268 e. The summed E-state index contributed by atoms with van der Waals surface area (Å²) in [6, 6.07) is 4.59. The molecular formula is C14H13F2N3O2S. The van der Waals surface area contributed by atoms with E-state index in [0.717, 1.165) is 12.1 Å². The molecular weight excluding hydrogens is 312 g/mol. The molecule has 0 spiro atoms. The van der Waals surface area contributed by atoms with Gasteiger partial charge in [-0.15, -0.1) is 0 Å². The van der Waals surface area contributed by atoms with Crippen molar-refractivity contribution < 1.29 is 18.4 Å². The van der Waals surface area contributed by atoms with Crippen LogP contribution in [-0.4, -0.2) is 17.8 Å². The van der Waals surface area contributed by atoms with E-state index in [-0.39, 0.29) is 11.5 Å². The Morgan fingerprint density at radius 3 is 2.82 bits per heavy atom. The lowest BCUT2D eigenvalue weighted by Crippen LogP contribution is -2.27. The molecule has 5 nitrogen and oxygen atoms in total. The summed E-state index contributed by atoms with van der Waals surface area (Å²) in [6.45, 7) is 1.43. The number of thiophene rings is 1. The van der Waals surface area contributed by atoms with Gasteiger partial charge in [0.2, 0.25) is 6.10 Å². The number of oxime groups is 1. The highest BCUT2D eigenvalue weighted by Gasteiger charge is 2.16. The van der Waals surface area contributed by atoms with E-state index < -0.39 is 23.6 Å². The van der Waals surface area contributed by atoms with E-state index in [4.69, 9.17) is 10.6 Å². The number of amides is 1. The van der Waals surface area contributed by atoms with Crippen molar-refractivity contribution in [1.29, 1.82) is 0 Å². The monoisotopic (exact) mass is 325 g/mol. The fraction of sp³-hybridized carbons (Fsp3) is 0.143. The van der Waals surface area contributed by atoms with Crippen LogP contribution in [-0.2, 0) is 9.63 Å². The van der Waals surface area contributed by atoms with Crippen molar-refractivity contribution in [2.75, 3.05) is 5.32 Å². The second-order valence-electron chi connectivity index (χ2n) is 4.35. The molecule has 0 aliphatic carbocycles. The smallest absolute Gasteiger partial charge is 0.268 e. The first-order valence-corrected chi connectivity index (χ1v) is 7.19. The number of nitrogens with one attached hydrogen (secondary N) is 1. The molecule has 0 saturated carbocycles. The summed E-state index contributed by atoms with van der Waals surface area (Å²) in [5.41, 5.74) is 6.22. The number of hydrogen-bond acceptors (Lipinski definition) is 4. The topological polar surface area (TPSA) is 76.7 Å². The van der Waals surface area contributed by atoms with E-state index >= 15 is 0 Å². The summed E-state index contributed by atoms with van der Waals surface area (Å²) in [5.74, 6) is -2.10. The first kappa shape index (κ1) is 15.9. The number of carbonyl (C=O) groups excluding carboxylic acids is 1. The van der Waals surface area contributed by atoms with Gasteiger partial charge in [0.25, 0.3) is 5.91 Å². The molecule has 1 unspecified atom stereocenters. The highest BCUT2D eigenvalue weighted by Crippen LogP contribution is 2.15. The SMILES string of the molecule is CC(O/N=C(\N)c1ccsc1)C(=O)Nc1ccc(F)cc1F. The Balaban J connectivity index is 1.96. The number of halogens is 2. The Morgan fingerprint density at radius 2 is 2.18 bits per heavy atom. The van der Waals surface area contributed by atoms with Gasteiger partial charge in [-0.25, -0.2) is 8.78 Å². The van der Waals surface area contributed by atoms with Crippen molar-refractivity contribution >= 4 is 28.8 Å². The number of benzene rings is 1. The molecule has 3 N–H and O–H groups in total. The van der Waals surface area contributed by atoms with E-state index in [2.05, 4.69) is 10.5 Å². The molecule has 116 valence electrons. The van der Waals surface area contributed by atoms with Crippen LogP contribution in [0.3, 0.4) is 0 Å². The average molecular weight is 325 g/mol. The van der Waals surface area contributed by atoms with E-state index in [1.165, 1.54) is 18.3 Å². The number of nitrogens with zero attached hydrogens (tertiary/aromatic N) is 1. The minimum atomic E-state index is -0.998. The average Bonchev–Trinajstić information content (AvgIpc) is 3.01. The number of carbonyl (C=O) groups is 1. The fourth-order valence-electron chi connectivity index (χ4n) is 1.47. The van der Waals surface area contributed by atoms with E-state index in [1.807, 2.05) is 5.38 Å². The van der Waals surface area contributed by atoms with Gasteiger partial charge < -0.3 is 15.9 Å². The molecule has 1 amide bonds. The van der Waals surface area contributed by atoms with Gasteiger partial charge in [0, 0.05) is 17.0 Å². The number of rotatable bonds is 5. The van der Waals surface area contributed by atoms with Crippen LogP contribution < -0.4 is 11.1 Å². The lowest BCUT2D eigenvalue weighted by molar-refractivity contribution is -0.126. The zero-order valence-electron chi connectivity index (χ0n) is 11.5. The van der Waals surface area contributed by atoms with Crippen molar-refractivity contribution in [3.63, 3.8) is 0 Å². The summed E-state index contributed by atoms with van der Waals surface area (Å²) in [7, 11) is 0. The Morgan fingerprint density at radius 1 is 1.41 bits per heavy atom. The molecule has 2 aromatic rings. The van der Waals surface area contributed by atoms with Gasteiger partial charge in [-0.2, -0.15) is 11.3 Å². The molecule has 0 saturated heterocycles. The Hall–Kier alpha value is -2.48. The first-order valence-electron chi connectivity index (χ1n) is 6.25. The predicted molar refractivity (Wildman–Crippen MR) is 80.6 cm³/mol. The molecule has 1 aromatic heterocycles. The molecule has 0 radical (unpaired) electrons.